The van der Waals surface area contributed by atoms with Crippen molar-refractivity contribution in [3.63, 3.8) is 0 Å². The van der Waals surface area contributed by atoms with E-state index in [1.807, 2.05) is 47.1 Å². The summed E-state index contributed by atoms with van der Waals surface area (Å²) in [6.45, 7) is 2.17. The molecule has 1 aliphatic heterocycles. The number of nitrogens with one attached hydrogen (secondary N) is 1. The Morgan fingerprint density at radius 3 is 2.68 bits per heavy atom. The van der Waals surface area contributed by atoms with Crippen LogP contribution in [0.4, 0.5) is 0 Å². The fourth-order valence-corrected chi connectivity index (χ4v) is 4.17. The zero-order chi connectivity index (χ0) is 23.9. The molecule has 0 unspecified atom stereocenters. The minimum atomic E-state index is -0.700. The van der Waals surface area contributed by atoms with E-state index < -0.39 is 6.10 Å². The molecule has 0 saturated carbocycles. The first-order chi connectivity index (χ1) is 16.6. The van der Waals surface area contributed by atoms with Gasteiger partial charge >= 0.3 is 0 Å². The van der Waals surface area contributed by atoms with Crippen LogP contribution in [0, 0.1) is 0 Å². The fraction of sp³-hybridized carbons (Fsp3) is 0.360. The van der Waals surface area contributed by atoms with Gasteiger partial charge in [0.15, 0.2) is 11.8 Å². The molecule has 0 spiro atoms. The maximum absolute atomic E-state index is 13.4. The van der Waals surface area contributed by atoms with Gasteiger partial charge in [0.25, 0.3) is 11.8 Å². The van der Waals surface area contributed by atoms with Crippen molar-refractivity contribution in [1.82, 2.24) is 25.0 Å². The molecule has 1 atom stereocenters. The van der Waals surface area contributed by atoms with Crippen molar-refractivity contribution in [2.75, 3.05) is 27.4 Å². The largest absolute Gasteiger partial charge is 0.383 e. The van der Waals surface area contributed by atoms with Crippen LogP contribution < -0.4 is 5.32 Å². The summed E-state index contributed by atoms with van der Waals surface area (Å²) in [5, 5.41) is 7.52. The number of carbonyl (C=O) groups excluding carboxylic acids is 2. The summed E-state index contributed by atoms with van der Waals surface area (Å²) in [4.78, 5) is 32.3. The third-order valence-corrected chi connectivity index (χ3v) is 5.91. The van der Waals surface area contributed by atoms with Gasteiger partial charge in [-0.1, -0.05) is 36.4 Å². The molecule has 34 heavy (non-hydrogen) atoms. The highest BCUT2D eigenvalue weighted by Gasteiger charge is 2.33. The highest BCUT2D eigenvalue weighted by Crippen LogP contribution is 2.27. The molecule has 4 rings (SSSR count). The van der Waals surface area contributed by atoms with E-state index >= 15 is 0 Å². The molecule has 0 fully saturated rings. The van der Waals surface area contributed by atoms with Crippen molar-refractivity contribution in [2.24, 2.45) is 0 Å². The molecule has 1 aliphatic rings. The van der Waals surface area contributed by atoms with Crippen LogP contribution in [0.1, 0.15) is 39.0 Å². The number of rotatable bonds is 9. The predicted molar refractivity (Wildman–Crippen MR) is 125 cm³/mol. The molecule has 0 bridgehead atoms. The molecule has 9 heteroatoms. The van der Waals surface area contributed by atoms with E-state index in [-0.39, 0.29) is 11.8 Å². The zero-order valence-electron chi connectivity index (χ0n) is 19.4. The molecule has 3 heterocycles. The molecule has 0 saturated heterocycles. The van der Waals surface area contributed by atoms with Gasteiger partial charge in [-0.3, -0.25) is 19.3 Å². The molecule has 1 aromatic carbocycles. The van der Waals surface area contributed by atoms with Gasteiger partial charge < -0.3 is 19.7 Å². The lowest BCUT2D eigenvalue weighted by Gasteiger charge is -2.30. The average Bonchev–Trinajstić information content (AvgIpc) is 3.25. The minimum Gasteiger partial charge on any atom is -0.383 e. The smallest absolute Gasteiger partial charge is 0.272 e. The average molecular weight is 464 g/mol. The Labute approximate surface area is 198 Å². The number of benzene rings is 1. The molecule has 1 N–H and O–H groups in total. The van der Waals surface area contributed by atoms with Crippen molar-refractivity contribution in [1.29, 1.82) is 0 Å². The maximum Gasteiger partial charge on any atom is 0.272 e. The number of nitrogens with zero attached hydrogens (tertiary/aromatic N) is 4. The van der Waals surface area contributed by atoms with Crippen molar-refractivity contribution >= 4 is 11.8 Å². The summed E-state index contributed by atoms with van der Waals surface area (Å²) >= 11 is 0. The molecule has 2 amide bonds. The van der Waals surface area contributed by atoms with Crippen LogP contribution in [0.5, 0.6) is 0 Å². The predicted octanol–water partition coefficient (Wildman–Crippen LogP) is 2.13. The maximum atomic E-state index is 13.4. The lowest BCUT2D eigenvalue weighted by Crippen LogP contribution is -2.40. The summed E-state index contributed by atoms with van der Waals surface area (Å²) in [5.41, 5.74) is 3.75. The van der Waals surface area contributed by atoms with Gasteiger partial charge in [0.05, 0.1) is 13.2 Å². The number of aromatic nitrogens is 3. The third kappa shape index (κ3) is 5.16. The number of ether oxygens (including phenoxy) is 2. The summed E-state index contributed by atoms with van der Waals surface area (Å²) in [7, 11) is 3.16. The first-order valence-corrected chi connectivity index (χ1v) is 11.2. The van der Waals surface area contributed by atoms with Crippen molar-refractivity contribution in [2.45, 2.75) is 32.2 Å². The van der Waals surface area contributed by atoms with Crippen LogP contribution >= 0.6 is 0 Å². The lowest BCUT2D eigenvalue weighted by atomic mass is 10.0. The van der Waals surface area contributed by atoms with Gasteiger partial charge in [0.1, 0.15) is 0 Å². The second-order valence-corrected chi connectivity index (χ2v) is 8.07. The summed E-state index contributed by atoms with van der Waals surface area (Å²) in [5.74, 6) is -0.414. The van der Waals surface area contributed by atoms with Crippen LogP contribution in [0.3, 0.4) is 0 Å². The second-order valence-electron chi connectivity index (χ2n) is 8.07. The van der Waals surface area contributed by atoms with Crippen LogP contribution in [0.2, 0.25) is 0 Å². The number of pyridine rings is 1. The van der Waals surface area contributed by atoms with Gasteiger partial charge in [-0.15, -0.1) is 0 Å². The SMILES string of the molecule is COCCn1nc(C(=O)NCc2cccnc2)c2c1CCN(C(=O)[C@@H](OC)c1ccccc1)C2. The van der Waals surface area contributed by atoms with Gasteiger partial charge in [-0.05, 0) is 17.2 Å². The van der Waals surface area contributed by atoms with Crippen LogP contribution in [-0.2, 0) is 40.3 Å². The standard InChI is InChI=1S/C25H29N5O4/c1-33-14-13-30-21-10-12-29(25(32)23(34-2)19-8-4-3-5-9-19)17-20(21)22(28-30)24(31)27-16-18-7-6-11-26-15-18/h3-9,11,15,23H,10,12-14,16-17H2,1-2H3,(H,27,31)/t23-/m0/s1. The Hall–Kier alpha value is -3.56. The highest BCUT2D eigenvalue weighted by molar-refractivity contribution is 5.94. The molecule has 0 aliphatic carbocycles. The summed E-state index contributed by atoms with van der Waals surface area (Å²) in [6, 6.07) is 13.1. The number of hydrogen-bond acceptors (Lipinski definition) is 6. The monoisotopic (exact) mass is 463 g/mol. The van der Waals surface area contributed by atoms with Crippen molar-refractivity contribution in [3.05, 3.63) is 82.9 Å². The van der Waals surface area contributed by atoms with E-state index in [1.165, 1.54) is 7.11 Å². The number of hydrogen-bond donors (Lipinski definition) is 1. The first kappa shape index (κ1) is 23.6. The molecule has 0 radical (unpaired) electrons. The molecule has 178 valence electrons. The topological polar surface area (TPSA) is 98.6 Å². The Kier molecular flexibility index (Phi) is 7.66. The summed E-state index contributed by atoms with van der Waals surface area (Å²) in [6.07, 6.45) is 3.29. The van der Waals surface area contributed by atoms with Gasteiger partial charge in [-0.2, -0.15) is 5.10 Å². The molecule has 2 aromatic heterocycles. The van der Waals surface area contributed by atoms with Gasteiger partial charge in [0.2, 0.25) is 0 Å². The second kappa shape index (κ2) is 11.0. The number of carbonyl (C=O) groups is 2. The Morgan fingerprint density at radius 1 is 1.15 bits per heavy atom. The van der Waals surface area contributed by atoms with E-state index in [0.717, 1.165) is 22.4 Å². The zero-order valence-corrected chi connectivity index (χ0v) is 19.4. The lowest BCUT2D eigenvalue weighted by molar-refractivity contribution is -0.143. The normalized spacial score (nSPS) is 13.9. The number of amides is 2. The highest BCUT2D eigenvalue weighted by atomic mass is 16.5. The summed E-state index contributed by atoms with van der Waals surface area (Å²) < 4.78 is 12.6. The third-order valence-electron chi connectivity index (χ3n) is 5.91. The van der Waals surface area contributed by atoms with Crippen LogP contribution in [-0.4, -0.2) is 58.8 Å². The number of methoxy groups -OCH3 is 2. The Bertz CT molecular complexity index is 1120. The first-order valence-electron chi connectivity index (χ1n) is 11.2. The fourth-order valence-electron chi connectivity index (χ4n) is 4.17. The van der Waals surface area contributed by atoms with E-state index in [1.54, 1.807) is 24.4 Å². The Morgan fingerprint density at radius 2 is 1.97 bits per heavy atom. The van der Waals surface area contributed by atoms with E-state index in [9.17, 15) is 9.59 Å². The van der Waals surface area contributed by atoms with Gasteiger partial charge in [0, 0.05) is 63.9 Å². The molecule has 3 aromatic rings. The molecule has 9 nitrogen and oxygen atoms in total. The van der Waals surface area contributed by atoms with Gasteiger partial charge in [-0.25, -0.2) is 0 Å². The molecular weight excluding hydrogens is 434 g/mol. The quantitative estimate of drug-likeness (QED) is 0.522. The van der Waals surface area contributed by atoms with E-state index in [2.05, 4.69) is 15.4 Å². The van der Waals surface area contributed by atoms with Crippen LogP contribution in [0.15, 0.2) is 54.9 Å². The molecular formula is C25H29N5O4. The van der Waals surface area contributed by atoms with Crippen LogP contribution in [0.25, 0.3) is 0 Å². The number of fused-ring (bicyclic) bond motifs is 1. The van der Waals surface area contributed by atoms with Crippen molar-refractivity contribution < 1.29 is 19.1 Å². The van der Waals surface area contributed by atoms with E-state index in [0.29, 0.717) is 44.9 Å². The van der Waals surface area contributed by atoms with Crippen molar-refractivity contribution in [3.8, 4) is 0 Å². The Balaban J connectivity index is 1.56. The minimum absolute atomic E-state index is 0.134. The van der Waals surface area contributed by atoms with E-state index in [4.69, 9.17) is 9.47 Å².